The number of pyridine rings is 1. The molecule has 30 heavy (non-hydrogen) atoms. The first-order valence-electron chi connectivity index (χ1n) is 9.57. The van der Waals surface area contributed by atoms with E-state index in [0.29, 0.717) is 23.5 Å². The molecule has 2 aromatic carbocycles. The van der Waals surface area contributed by atoms with Crippen molar-refractivity contribution in [3.63, 3.8) is 0 Å². The molecule has 0 atom stereocenters. The van der Waals surface area contributed by atoms with E-state index < -0.39 is 0 Å². The summed E-state index contributed by atoms with van der Waals surface area (Å²) in [5.41, 5.74) is 4.41. The van der Waals surface area contributed by atoms with Crippen molar-refractivity contribution in [2.24, 2.45) is 7.05 Å². The van der Waals surface area contributed by atoms with Gasteiger partial charge in [0, 0.05) is 44.2 Å². The molecule has 0 N–H and O–H groups in total. The molecule has 4 rings (SSSR count). The van der Waals surface area contributed by atoms with Gasteiger partial charge in [0.2, 0.25) is 0 Å². The predicted octanol–water partition coefficient (Wildman–Crippen LogP) is 4.56. The smallest absolute Gasteiger partial charge is 0.272 e. The van der Waals surface area contributed by atoms with Gasteiger partial charge in [-0.05, 0) is 47.5 Å². The molecule has 0 spiro atoms. The van der Waals surface area contributed by atoms with E-state index in [-0.39, 0.29) is 11.7 Å². The van der Waals surface area contributed by atoms with Gasteiger partial charge in [-0.25, -0.2) is 4.39 Å². The van der Waals surface area contributed by atoms with Crippen molar-refractivity contribution in [1.29, 1.82) is 0 Å². The lowest BCUT2D eigenvalue weighted by Gasteiger charge is -2.18. The Hall–Kier alpha value is -3.80. The number of rotatable bonds is 5. The minimum absolute atomic E-state index is 0.144. The Labute approximate surface area is 174 Å². The van der Waals surface area contributed by atoms with Crippen molar-refractivity contribution < 1.29 is 9.18 Å². The van der Waals surface area contributed by atoms with Crippen LogP contribution in [0.1, 0.15) is 16.1 Å². The molecule has 4 aromatic rings. The maximum absolute atomic E-state index is 13.5. The van der Waals surface area contributed by atoms with Crippen LogP contribution in [0.4, 0.5) is 4.39 Å². The number of hydrogen-bond donors (Lipinski definition) is 0. The zero-order chi connectivity index (χ0) is 21.1. The second kappa shape index (κ2) is 8.29. The number of nitrogens with zero attached hydrogens (tertiary/aromatic N) is 4. The fraction of sp³-hybridized carbons (Fsp3) is 0.125. The van der Waals surface area contributed by atoms with E-state index in [4.69, 9.17) is 0 Å². The van der Waals surface area contributed by atoms with Gasteiger partial charge < -0.3 is 4.90 Å². The molecule has 0 aliphatic heterocycles. The van der Waals surface area contributed by atoms with E-state index in [1.165, 1.54) is 12.1 Å². The summed E-state index contributed by atoms with van der Waals surface area (Å²) in [6.45, 7) is 0.479. The van der Waals surface area contributed by atoms with E-state index in [9.17, 15) is 9.18 Å². The van der Waals surface area contributed by atoms with E-state index >= 15 is 0 Å². The minimum atomic E-state index is -0.320. The highest BCUT2D eigenvalue weighted by Gasteiger charge is 2.26. The second-order valence-corrected chi connectivity index (χ2v) is 7.09. The zero-order valence-electron chi connectivity index (χ0n) is 16.8. The van der Waals surface area contributed by atoms with E-state index in [1.54, 1.807) is 48.2 Å². The van der Waals surface area contributed by atoms with Crippen molar-refractivity contribution in [2.75, 3.05) is 7.05 Å². The lowest BCUT2D eigenvalue weighted by molar-refractivity contribution is 0.0775. The first-order valence-corrected chi connectivity index (χ1v) is 9.57. The fourth-order valence-corrected chi connectivity index (χ4v) is 3.48. The van der Waals surface area contributed by atoms with Crippen LogP contribution in [-0.2, 0) is 13.6 Å². The number of carbonyl (C=O) groups excluding carboxylic acids is 1. The number of aryl methyl sites for hydroxylation is 1. The third-order valence-electron chi connectivity index (χ3n) is 4.95. The normalized spacial score (nSPS) is 10.8. The number of carbonyl (C=O) groups is 1. The zero-order valence-corrected chi connectivity index (χ0v) is 16.8. The maximum atomic E-state index is 13.5. The van der Waals surface area contributed by atoms with Gasteiger partial charge in [0.25, 0.3) is 5.91 Å². The highest BCUT2D eigenvalue weighted by molar-refractivity contribution is 6.02. The molecule has 0 aliphatic carbocycles. The van der Waals surface area contributed by atoms with E-state index in [0.717, 1.165) is 16.7 Å². The molecule has 150 valence electrons. The van der Waals surface area contributed by atoms with Gasteiger partial charge in [-0.2, -0.15) is 5.10 Å². The summed E-state index contributed by atoms with van der Waals surface area (Å²) in [6.07, 6.45) is 3.36. The largest absolute Gasteiger partial charge is 0.336 e. The SMILES string of the molecule is CN(Cc1ccccc1)C(=O)c1c(-c2ccncc2)c(-c2ccc(F)cc2)nn1C. The van der Waals surface area contributed by atoms with Crippen molar-refractivity contribution in [2.45, 2.75) is 6.54 Å². The molecule has 5 nitrogen and oxygen atoms in total. The average molecular weight is 400 g/mol. The van der Waals surface area contributed by atoms with Crippen LogP contribution in [-0.4, -0.2) is 32.6 Å². The number of hydrogen-bond acceptors (Lipinski definition) is 3. The quantitative estimate of drug-likeness (QED) is 0.493. The number of benzene rings is 2. The van der Waals surface area contributed by atoms with E-state index in [1.807, 2.05) is 42.5 Å². The van der Waals surface area contributed by atoms with Crippen molar-refractivity contribution in [3.05, 3.63) is 96.2 Å². The van der Waals surface area contributed by atoms with Crippen molar-refractivity contribution >= 4 is 5.91 Å². The first-order chi connectivity index (χ1) is 14.5. The number of amides is 1. The Balaban J connectivity index is 1.81. The Morgan fingerprint density at radius 3 is 2.30 bits per heavy atom. The molecular weight excluding hydrogens is 379 g/mol. The van der Waals surface area contributed by atoms with Crippen LogP contribution in [0.25, 0.3) is 22.4 Å². The summed E-state index contributed by atoms with van der Waals surface area (Å²) in [7, 11) is 3.53. The van der Waals surface area contributed by atoms with Crippen LogP contribution < -0.4 is 0 Å². The lowest BCUT2D eigenvalue weighted by Crippen LogP contribution is -2.28. The fourth-order valence-electron chi connectivity index (χ4n) is 3.48. The van der Waals surface area contributed by atoms with Crippen LogP contribution >= 0.6 is 0 Å². The van der Waals surface area contributed by atoms with Gasteiger partial charge in [-0.3, -0.25) is 14.5 Å². The summed E-state index contributed by atoms with van der Waals surface area (Å²) in [5.74, 6) is -0.465. The molecule has 0 fully saturated rings. The molecular formula is C24H21FN4O. The molecule has 6 heteroatoms. The summed E-state index contributed by atoms with van der Waals surface area (Å²) < 4.78 is 15.1. The van der Waals surface area contributed by atoms with E-state index in [2.05, 4.69) is 10.1 Å². The lowest BCUT2D eigenvalue weighted by atomic mass is 9.99. The summed E-state index contributed by atoms with van der Waals surface area (Å²) in [6, 6.07) is 19.6. The summed E-state index contributed by atoms with van der Waals surface area (Å²) >= 11 is 0. The minimum Gasteiger partial charge on any atom is -0.336 e. The number of aromatic nitrogens is 3. The Kier molecular flexibility index (Phi) is 5.39. The standard InChI is InChI=1S/C24H21FN4O/c1-28(16-17-6-4-3-5-7-17)24(30)23-21(18-12-14-26-15-13-18)22(27-29(23)2)19-8-10-20(25)11-9-19/h3-15H,16H2,1-2H3. The molecule has 1 amide bonds. The topological polar surface area (TPSA) is 51.0 Å². The van der Waals surface area contributed by atoms with Gasteiger partial charge in [-0.15, -0.1) is 0 Å². The Bertz CT molecular complexity index is 1160. The predicted molar refractivity (Wildman–Crippen MR) is 114 cm³/mol. The molecule has 2 heterocycles. The van der Waals surface area contributed by atoms with Crippen molar-refractivity contribution in [1.82, 2.24) is 19.7 Å². The van der Waals surface area contributed by atoms with Gasteiger partial charge in [0.1, 0.15) is 17.2 Å². The molecule has 0 saturated heterocycles. The van der Waals surface area contributed by atoms with Gasteiger partial charge in [0.15, 0.2) is 0 Å². The molecule has 0 saturated carbocycles. The van der Waals surface area contributed by atoms with Crippen LogP contribution in [0.2, 0.25) is 0 Å². The molecule has 0 radical (unpaired) electrons. The third kappa shape index (κ3) is 3.85. The number of halogens is 1. The first kappa shape index (κ1) is 19.5. The second-order valence-electron chi connectivity index (χ2n) is 7.09. The maximum Gasteiger partial charge on any atom is 0.272 e. The Morgan fingerprint density at radius 1 is 0.967 bits per heavy atom. The monoisotopic (exact) mass is 400 g/mol. The van der Waals surface area contributed by atoms with Crippen LogP contribution in [0.15, 0.2) is 79.1 Å². The van der Waals surface area contributed by atoms with Crippen LogP contribution in [0.5, 0.6) is 0 Å². The van der Waals surface area contributed by atoms with Crippen LogP contribution in [0, 0.1) is 5.82 Å². The highest BCUT2D eigenvalue weighted by Crippen LogP contribution is 2.35. The summed E-state index contributed by atoms with van der Waals surface area (Å²) in [4.78, 5) is 19.2. The molecule has 0 bridgehead atoms. The Morgan fingerprint density at radius 2 is 1.63 bits per heavy atom. The highest BCUT2D eigenvalue weighted by atomic mass is 19.1. The van der Waals surface area contributed by atoms with Gasteiger partial charge in [-0.1, -0.05) is 30.3 Å². The molecule has 2 aromatic heterocycles. The third-order valence-corrected chi connectivity index (χ3v) is 4.95. The average Bonchev–Trinajstić information content (AvgIpc) is 3.12. The molecule has 0 unspecified atom stereocenters. The summed E-state index contributed by atoms with van der Waals surface area (Å²) in [5, 5.41) is 4.62. The van der Waals surface area contributed by atoms with Crippen molar-refractivity contribution in [3.8, 4) is 22.4 Å². The van der Waals surface area contributed by atoms with Crippen LogP contribution in [0.3, 0.4) is 0 Å². The van der Waals surface area contributed by atoms with Gasteiger partial charge in [0.05, 0.1) is 0 Å². The molecule has 0 aliphatic rings. The van der Waals surface area contributed by atoms with Gasteiger partial charge >= 0.3 is 0 Å².